The summed E-state index contributed by atoms with van der Waals surface area (Å²) in [6, 6.07) is 0.635. The van der Waals surface area contributed by atoms with E-state index in [2.05, 4.69) is 33.3 Å². The minimum absolute atomic E-state index is 0.0917. The van der Waals surface area contributed by atoms with Crippen molar-refractivity contribution < 1.29 is 5.11 Å². The van der Waals surface area contributed by atoms with Gasteiger partial charge in [-0.3, -0.25) is 4.68 Å². The standard InChI is InChI=1S/C13H22BrN3O/c1-2-13(10-18,16-12-4-5-12)6-3-7-17-9-11(14)8-15-17/h8-9,12,16,18H,2-7,10H2,1H3. The average Bonchev–Trinajstić information content (AvgIpc) is 3.09. The van der Waals surface area contributed by atoms with E-state index in [-0.39, 0.29) is 12.1 Å². The molecule has 0 saturated heterocycles. The fourth-order valence-electron chi connectivity index (χ4n) is 2.29. The molecule has 18 heavy (non-hydrogen) atoms. The Bertz CT molecular complexity index is 372. The molecule has 1 atom stereocenters. The predicted octanol–water partition coefficient (Wildman–Crippen LogP) is 2.32. The number of aromatic nitrogens is 2. The first-order valence-corrected chi connectivity index (χ1v) is 7.53. The lowest BCUT2D eigenvalue weighted by Crippen LogP contribution is -2.49. The van der Waals surface area contributed by atoms with E-state index in [9.17, 15) is 5.11 Å². The molecule has 0 bridgehead atoms. The number of nitrogens with zero attached hydrogens (tertiary/aromatic N) is 2. The molecule has 0 radical (unpaired) electrons. The molecule has 1 heterocycles. The third kappa shape index (κ3) is 3.80. The van der Waals surface area contributed by atoms with Crippen LogP contribution in [0.3, 0.4) is 0 Å². The lowest BCUT2D eigenvalue weighted by atomic mass is 9.91. The fraction of sp³-hybridized carbons (Fsp3) is 0.769. The number of aryl methyl sites for hydroxylation is 1. The van der Waals surface area contributed by atoms with Crippen LogP contribution in [-0.4, -0.2) is 33.1 Å². The highest BCUT2D eigenvalue weighted by Gasteiger charge is 2.33. The van der Waals surface area contributed by atoms with Crippen molar-refractivity contribution in [1.29, 1.82) is 0 Å². The Balaban J connectivity index is 1.81. The zero-order chi connectivity index (χ0) is 13.0. The first-order chi connectivity index (χ1) is 8.67. The molecule has 0 amide bonds. The molecule has 1 unspecified atom stereocenters. The molecule has 1 fully saturated rings. The van der Waals surface area contributed by atoms with E-state index in [0.29, 0.717) is 6.04 Å². The van der Waals surface area contributed by atoms with Crippen LogP contribution in [0.1, 0.15) is 39.0 Å². The Hall–Kier alpha value is -0.390. The van der Waals surface area contributed by atoms with Gasteiger partial charge >= 0.3 is 0 Å². The molecule has 4 nitrogen and oxygen atoms in total. The zero-order valence-corrected chi connectivity index (χ0v) is 12.5. The Kier molecular flexibility index (Phi) is 4.81. The first-order valence-electron chi connectivity index (χ1n) is 6.74. The Labute approximate surface area is 117 Å². The molecule has 2 rings (SSSR count). The summed E-state index contributed by atoms with van der Waals surface area (Å²) < 4.78 is 2.96. The molecule has 1 aromatic rings. The molecule has 0 spiro atoms. The lowest BCUT2D eigenvalue weighted by Gasteiger charge is -2.32. The van der Waals surface area contributed by atoms with E-state index in [1.807, 2.05) is 17.1 Å². The molecule has 0 aliphatic heterocycles. The molecule has 1 aliphatic rings. The second kappa shape index (κ2) is 6.17. The fourth-order valence-corrected chi connectivity index (χ4v) is 2.62. The second-order valence-corrected chi connectivity index (χ2v) is 6.15. The average molecular weight is 316 g/mol. The van der Waals surface area contributed by atoms with Crippen LogP contribution >= 0.6 is 15.9 Å². The maximum Gasteiger partial charge on any atom is 0.0632 e. The summed E-state index contributed by atoms with van der Waals surface area (Å²) in [6.45, 7) is 3.28. The number of aliphatic hydroxyl groups excluding tert-OH is 1. The Morgan fingerprint density at radius 2 is 2.39 bits per heavy atom. The van der Waals surface area contributed by atoms with E-state index < -0.39 is 0 Å². The number of aliphatic hydroxyl groups is 1. The Morgan fingerprint density at radius 3 is 2.89 bits per heavy atom. The van der Waals surface area contributed by atoms with Gasteiger partial charge in [0.15, 0.2) is 0 Å². The molecule has 0 aromatic carbocycles. The highest BCUT2D eigenvalue weighted by atomic mass is 79.9. The minimum atomic E-state index is -0.0917. The normalized spacial score (nSPS) is 18.8. The molecule has 1 saturated carbocycles. The van der Waals surface area contributed by atoms with E-state index in [0.717, 1.165) is 30.3 Å². The number of hydrogen-bond donors (Lipinski definition) is 2. The van der Waals surface area contributed by atoms with Crippen molar-refractivity contribution in [3.05, 3.63) is 16.9 Å². The van der Waals surface area contributed by atoms with E-state index in [1.165, 1.54) is 12.8 Å². The van der Waals surface area contributed by atoms with Crippen molar-refractivity contribution in [2.45, 2.75) is 57.2 Å². The molecule has 2 N–H and O–H groups in total. The summed E-state index contributed by atoms with van der Waals surface area (Å²) in [6.07, 6.45) is 9.31. The van der Waals surface area contributed by atoms with Gasteiger partial charge in [0.05, 0.1) is 17.3 Å². The number of rotatable bonds is 8. The minimum Gasteiger partial charge on any atom is -0.394 e. The van der Waals surface area contributed by atoms with Crippen LogP contribution in [0.4, 0.5) is 0 Å². The molecule has 1 aromatic heterocycles. The SMILES string of the molecule is CCC(CO)(CCCn1cc(Br)cn1)NC1CC1. The van der Waals surface area contributed by atoms with Crippen molar-refractivity contribution in [3.63, 3.8) is 0 Å². The van der Waals surface area contributed by atoms with Gasteiger partial charge in [-0.1, -0.05) is 6.92 Å². The first kappa shape index (κ1) is 14.0. The van der Waals surface area contributed by atoms with Gasteiger partial charge in [0, 0.05) is 24.3 Å². The van der Waals surface area contributed by atoms with Gasteiger partial charge in [0.25, 0.3) is 0 Å². The molecule has 102 valence electrons. The number of halogens is 1. The smallest absolute Gasteiger partial charge is 0.0632 e. The molecule has 1 aliphatic carbocycles. The highest BCUT2D eigenvalue weighted by molar-refractivity contribution is 9.10. The summed E-state index contributed by atoms with van der Waals surface area (Å²) >= 11 is 3.40. The van der Waals surface area contributed by atoms with E-state index in [4.69, 9.17) is 0 Å². The van der Waals surface area contributed by atoms with Gasteiger partial charge in [0.2, 0.25) is 0 Å². The van der Waals surface area contributed by atoms with Crippen LogP contribution in [-0.2, 0) is 6.54 Å². The molecular formula is C13H22BrN3O. The third-order valence-corrected chi connectivity index (χ3v) is 4.12. The predicted molar refractivity (Wildman–Crippen MR) is 75.4 cm³/mol. The van der Waals surface area contributed by atoms with Crippen molar-refractivity contribution >= 4 is 15.9 Å². The van der Waals surface area contributed by atoms with Gasteiger partial charge in [-0.25, -0.2) is 0 Å². The largest absolute Gasteiger partial charge is 0.394 e. The van der Waals surface area contributed by atoms with Gasteiger partial charge in [0.1, 0.15) is 0 Å². The van der Waals surface area contributed by atoms with Crippen molar-refractivity contribution in [3.8, 4) is 0 Å². The summed E-state index contributed by atoms with van der Waals surface area (Å²) in [5.74, 6) is 0. The summed E-state index contributed by atoms with van der Waals surface area (Å²) in [7, 11) is 0. The number of nitrogens with one attached hydrogen (secondary N) is 1. The van der Waals surface area contributed by atoms with Gasteiger partial charge in [-0.2, -0.15) is 5.10 Å². The monoisotopic (exact) mass is 315 g/mol. The maximum absolute atomic E-state index is 9.66. The van der Waals surface area contributed by atoms with Crippen molar-refractivity contribution in [2.75, 3.05) is 6.61 Å². The van der Waals surface area contributed by atoms with E-state index in [1.54, 1.807) is 0 Å². The third-order valence-electron chi connectivity index (χ3n) is 3.71. The highest BCUT2D eigenvalue weighted by Crippen LogP contribution is 2.27. The lowest BCUT2D eigenvalue weighted by molar-refractivity contribution is 0.140. The van der Waals surface area contributed by atoms with Crippen LogP contribution in [0.5, 0.6) is 0 Å². The van der Waals surface area contributed by atoms with E-state index >= 15 is 0 Å². The number of hydrogen-bond acceptors (Lipinski definition) is 3. The summed E-state index contributed by atoms with van der Waals surface area (Å²) in [5, 5.41) is 17.5. The van der Waals surface area contributed by atoms with Gasteiger partial charge < -0.3 is 10.4 Å². The molecular weight excluding hydrogens is 294 g/mol. The maximum atomic E-state index is 9.66. The van der Waals surface area contributed by atoms with Crippen LogP contribution in [0.25, 0.3) is 0 Å². The van der Waals surface area contributed by atoms with Crippen LogP contribution in [0.2, 0.25) is 0 Å². The van der Waals surface area contributed by atoms with Gasteiger partial charge in [-0.05, 0) is 48.0 Å². The van der Waals surface area contributed by atoms with Gasteiger partial charge in [-0.15, -0.1) is 0 Å². The quantitative estimate of drug-likeness (QED) is 0.774. The zero-order valence-electron chi connectivity index (χ0n) is 10.9. The Morgan fingerprint density at radius 1 is 1.61 bits per heavy atom. The van der Waals surface area contributed by atoms with Crippen LogP contribution in [0.15, 0.2) is 16.9 Å². The second-order valence-electron chi connectivity index (χ2n) is 5.24. The molecule has 5 heteroatoms. The van der Waals surface area contributed by atoms with Crippen LogP contribution in [0, 0.1) is 0 Å². The van der Waals surface area contributed by atoms with Crippen molar-refractivity contribution in [1.82, 2.24) is 15.1 Å². The summed E-state index contributed by atoms with van der Waals surface area (Å²) in [4.78, 5) is 0. The topological polar surface area (TPSA) is 50.1 Å². The summed E-state index contributed by atoms with van der Waals surface area (Å²) in [5.41, 5.74) is -0.0917. The van der Waals surface area contributed by atoms with Crippen molar-refractivity contribution in [2.24, 2.45) is 0 Å². The van der Waals surface area contributed by atoms with Crippen LogP contribution < -0.4 is 5.32 Å².